The molecule has 4 atom stereocenters. The molecule has 0 radical (unpaired) electrons. The minimum Gasteiger partial charge on any atom is -0.613 e. The Hall–Kier alpha value is -3.93. The Bertz CT molecular complexity index is 1530. The van der Waals surface area contributed by atoms with Gasteiger partial charge in [-0.15, -0.1) is 0 Å². The van der Waals surface area contributed by atoms with E-state index in [2.05, 4.69) is 0 Å². The van der Waals surface area contributed by atoms with Gasteiger partial charge in [0.25, 0.3) is 5.91 Å². The molecule has 2 amide bonds. The lowest BCUT2D eigenvalue weighted by Gasteiger charge is -2.50. The number of amides is 2. The number of carbonyl (C=O) groups is 4. The maximum absolute atomic E-state index is 14.3. The summed E-state index contributed by atoms with van der Waals surface area (Å²) in [6, 6.07) is 18.5. The van der Waals surface area contributed by atoms with Gasteiger partial charge in [0, 0.05) is 18.2 Å². The Kier molecular flexibility index (Phi) is 8.36. The summed E-state index contributed by atoms with van der Waals surface area (Å²) < 4.78 is 25.5. The molecule has 2 aromatic carbocycles. The van der Waals surface area contributed by atoms with Crippen molar-refractivity contribution in [1.82, 2.24) is 9.80 Å². The smallest absolute Gasteiger partial charge is 0.356 e. The van der Waals surface area contributed by atoms with Crippen molar-refractivity contribution in [3.63, 3.8) is 0 Å². The number of nitrogens with two attached hydrogens (primary N) is 1. The Morgan fingerprint density at radius 3 is 2.18 bits per heavy atom. The van der Waals surface area contributed by atoms with Crippen LogP contribution in [0.1, 0.15) is 63.7 Å². The number of benzene rings is 2. The number of β-lactam (4-membered cyclic amide) rings is 1. The van der Waals surface area contributed by atoms with Crippen molar-refractivity contribution in [2.45, 2.75) is 74.9 Å². The number of likely N-dealkylation sites (tertiary alicyclic amines) is 1. The highest BCUT2D eigenvalue weighted by molar-refractivity contribution is 7.93. The van der Waals surface area contributed by atoms with Gasteiger partial charge in [0.15, 0.2) is 11.5 Å². The maximum Gasteiger partial charge on any atom is 0.356 e. The zero-order valence-corrected chi connectivity index (χ0v) is 26.3. The fourth-order valence-electron chi connectivity index (χ4n) is 6.07. The second-order valence-corrected chi connectivity index (χ2v) is 14.4. The van der Waals surface area contributed by atoms with Gasteiger partial charge in [0.05, 0.1) is 5.57 Å². The van der Waals surface area contributed by atoms with Crippen molar-refractivity contribution in [3.8, 4) is 0 Å². The number of hydrogen-bond acceptors (Lipinski definition) is 8. The van der Waals surface area contributed by atoms with E-state index in [1.54, 1.807) is 20.8 Å². The van der Waals surface area contributed by atoms with Gasteiger partial charge >= 0.3 is 11.9 Å². The van der Waals surface area contributed by atoms with Gasteiger partial charge in [-0.2, -0.15) is 0 Å². The van der Waals surface area contributed by atoms with E-state index in [0.29, 0.717) is 29.7 Å². The van der Waals surface area contributed by atoms with Crippen LogP contribution in [0, 0.1) is 5.92 Å². The topological polar surface area (TPSA) is 142 Å². The normalized spacial score (nSPS) is 26.1. The Labute approximate surface area is 265 Å². The van der Waals surface area contributed by atoms with E-state index >= 15 is 0 Å². The van der Waals surface area contributed by atoms with Crippen molar-refractivity contribution in [2.75, 3.05) is 6.54 Å². The van der Waals surface area contributed by atoms with Crippen LogP contribution in [0.25, 0.3) is 0 Å². The maximum atomic E-state index is 14.3. The monoisotopic (exact) mass is 631 g/mol. The van der Waals surface area contributed by atoms with E-state index in [1.807, 2.05) is 65.6 Å². The van der Waals surface area contributed by atoms with Crippen molar-refractivity contribution in [3.05, 3.63) is 94.7 Å². The predicted molar refractivity (Wildman–Crippen MR) is 166 cm³/mol. The van der Waals surface area contributed by atoms with Crippen molar-refractivity contribution in [2.24, 2.45) is 11.7 Å². The summed E-state index contributed by atoms with van der Waals surface area (Å²) in [5.74, 6) is -4.00. The highest BCUT2D eigenvalue weighted by atomic mass is 32.2. The van der Waals surface area contributed by atoms with Crippen molar-refractivity contribution >= 4 is 34.9 Å². The van der Waals surface area contributed by atoms with Crippen LogP contribution in [0.15, 0.2) is 83.6 Å². The molecule has 2 N–H and O–H groups in total. The number of esters is 2. The number of nitrogens with zero attached hydrogens (tertiary/aromatic N) is 2. The molecule has 2 saturated heterocycles. The van der Waals surface area contributed by atoms with E-state index in [0.717, 1.165) is 24.2 Å². The lowest BCUT2D eigenvalue weighted by atomic mass is 9.93. The van der Waals surface area contributed by atoms with E-state index in [-0.39, 0.29) is 23.2 Å². The molecular weight excluding hydrogens is 594 g/mol. The molecule has 0 bridgehead atoms. The predicted octanol–water partition coefficient (Wildman–Crippen LogP) is 3.46. The standard InChI is InChI=1S/C34H37N3O7S/c1-34(2,3)44-32(40)25-30(39)37-26(33(41)43-27(20-11-6-4-7-12-20)21-13-8-5-9-14-21)24(28(35)45(42)31(25)37)19-22-15-10-18-36(29(22)38)23-16-17-23/h4-9,11-14,19,23,25,27-28,31H,10,15-18,35H2,1-3H3/t25-,28?,31+,45-/m0/s1. The third-order valence-electron chi connectivity index (χ3n) is 8.33. The molecule has 1 unspecified atom stereocenters. The van der Waals surface area contributed by atoms with Crippen LogP contribution in [-0.2, 0) is 39.8 Å². The number of fused-ring (bicyclic) bond motifs is 1. The summed E-state index contributed by atoms with van der Waals surface area (Å²) >= 11 is -2.00. The fraction of sp³-hybridized carbons (Fsp3) is 0.412. The largest absolute Gasteiger partial charge is 0.613 e. The molecule has 1 aliphatic carbocycles. The van der Waals surface area contributed by atoms with E-state index < -0.39 is 57.4 Å². The van der Waals surface area contributed by atoms with E-state index in [1.165, 1.54) is 6.08 Å². The molecule has 3 fully saturated rings. The number of hydrogen-bond donors (Lipinski definition) is 1. The van der Waals surface area contributed by atoms with Gasteiger partial charge in [-0.25, -0.2) is 4.79 Å². The number of piperidine rings is 1. The molecule has 4 aliphatic rings. The number of carbonyl (C=O) groups excluding carboxylic acids is 4. The van der Waals surface area contributed by atoms with Gasteiger partial charge in [0.2, 0.25) is 17.2 Å². The molecule has 3 aliphatic heterocycles. The Morgan fingerprint density at radius 1 is 1.02 bits per heavy atom. The first-order chi connectivity index (χ1) is 21.5. The molecule has 45 heavy (non-hydrogen) atoms. The number of ether oxygens (including phenoxy) is 2. The fourth-order valence-corrected chi connectivity index (χ4v) is 7.72. The molecule has 10 nitrogen and oxygen atoms in total. The molecule has 11 heteroatoms. The lowest BCUT2D eigenvalue weighted by molar-refractivity contribution is -0.176. The van der Waals surface area contributed by atoms with Gasteiger partial charge in [-0.05, 0) is 74.8 Å². The van der Waals surface area contributed by atoms with Crippen LogP contribution < -0.4 is 5.73 Å². The van der Waals surface area contributed by atoms with Crippen LogP contribution in [0.3, 0.4) is 0 Å². The van der Waals surface area contributed by atoms with E-state index in [4.69, 9.17) is 15.2 Å². The third-order valence-corrected chi connectivity index (χ3v) is 10.0. The first-order valence-corrected chi connectivity index (χ1v) is 16.5. The van der Waals surface area contributed by atoms with Gasteiger partial charge in [-0.1, -0.05) is 60.7 Å². The second kappa shape index (κ2) is 12.1. The van der Waals surface area contributed by atoms with Crippen LogP contribution >= 0.6 is 0 Å². The molecule has 6 rings (SSSR count). The average Bonchev–Trinajstić information content (AvgIpc) is 3.85. The summed E-state index contributed by atoms with van der Waals surface area (Å²) in [4.78, 5) is 57.4. The third kappa shape index (κ3) is 6.04. The van der Waals surface area contributed by atoms with E-state index in [9.17, 15) is 23.7 Å². The van der Waals surface area contributed by atoms with Crippen LogP contribution in [-0.4, -0.2) is 67.0 Å². The first-order valence-electron chi connectivity index (χ1n) is 15.2. The van der Waals surface area contributed by atoms with Crippen LogP contribution in [0.4, 0.5) is 0 Å². The SMILES string of the molecule is CC(C)(C)OC(=O)[C@H]1C(=O)N2C(C(=O)OC(c3ccccc3)c3ccccc3)=C(C=C3CCCN(C4CC4)C3=O)C(N)[S@+]([O-])[C@H]12. The summed E-state index contributed by atoms with van der Waals surface area (Å²) in [6.07, 6.45) is 3.74. The summed E-state index contributed by atoms with van der Waals surface area (Å²) in [5.41, 5.74) is 7.36. The first kappa shape index (κ1) is 31.1. The summed E-state index contributed by atoms with van der Waals surface area (Å²) in [5, 5.41) is -2.49. The summed E-state index contributed by atoms with van der Waals surface area (Å²) in [7, 11) is 0. The molecule has 236 valence electrons. The van der Waals surface area contributed by atoms with Crippen LogP contribution in [0.5, 0.6) is 0 Å². The zero-order valence-electron chi connectivity index (χ0n) is 25.5. The molecule has 2 aromatic rings. The van der Waals surface area contributed by atoms with Gasteiger partial charge < -0.3 is 18.9 Å². The van der Waals surface area contributed by atoms with Gasteiger partial charge in [0.1, 0.15) is 11.3 Å². The molecule has 0 aromatic heterocycles. The van der Waals surface area contributed by atoms with Crippen LogP contribution in [0.2, 0.25) is 0 Å². The van der Waals surface area contributed by atoms with Gasteiger partial charge in [-0.3, -0.25) is 25.0 Å². The summed E-state index contributed by atoms with van der Waals surface area (Å²) in [6.45, 7) is 5.65. The lowest BCUT2D eigenvalue weighted by Crippen LogP contribution is -2.71. The molecular formula is C34H37N3O7S. The van der Waals surface area contributed by atoms with Crippen molar-refractivity contribution in [1.29, 1.82) is 0 Å². The minimum atomic E-state index is -2.00. The highest BCUT2D eigenvalue weighted by Crippen LogP contribution is 2.45. The Balaban J connectivity index is 1.43. The van der Waals surface area contributed by atoms with Crippen molar-refractivity contribution < 1.29 is 33.2 Å². The number of rotatable bonds is 7. The molecule has 0 spiro atoms. The Morgan fingerprint density at radius 2 is 1.62 bits per heavy atom. The molecule has 1 saturated carbocycles. The minimum absolute atomic E-state index is 0.0754. The zero-order chi connectivity index (χ0) is 32.0. The quantitative estimate of drug-likeness (QED) is 0.161. The highest BCUT2D eigenvalue weighted by Gasteiger charge is 2.66. The molecule has 3 heterocycles. The average molecular weight is 632 g/mol. The second-order valence-electron chi connectivity index (χ2n) is 12.8.